The maximum Gasteiger partial charge on any atom is 0.328 e. The molecule has 11 heteroatoms. The average molecular weight is 445 g/mol. The molecular formula is C17H20N2O6S3. The number of carbonyl (C=O) groups is 3. The molecule has 8 nitrogen and oxygen atoms in total. The molecule has 0 aliphatic carbocycles. The molecule has 0 radical (unpaired) electrons. The van der Waals surface area contributed by atoms with Crippen LogP contribution in [0.2, 0.25) is 0 Å². The summed E-state index contributed by atoms with van der Waals surface area (Å²) in [5, 5.41) is 4.27. The van der Waals surface area contributed by atoms with Crippen LogP contribution >= 0.6 is 22.7 Å². The van der Waals surface area contributed by atoms with Crippen molar-refractivity contribution in [2.75, 3.05) is 19.4 Å². The van der Waals surface area contributed by atoms with Crippen molar-refractivity contribution < 1.29 is 27.5 Å². The molecule has 0 aromatic carbocycles. The topological polar surface area (TPSA) is 119 Å². The molecule has 1 amide bonds. The number of amides is 1. The molecule has 1 atom stereocenters. The first-order valence-electron chi connectivity index (χ1n) is 8.23. The van der Waals surface area contributed by atoms with Gasteiger partial charge >= 0.3 is 5.97 Å². The Labute approximate surface area is 171 Å². The SMILES string of the molecule is CC(NC(=O)c1cccs1)C(=O)OCC(=O)c1ccc(CCNS(C)(=O)=O)s1. The predicted octanol–water partition coefficient (Wildman–Crippen LogP) is 1.45. The number of hydrogen-bond acceptors (Lipinski definition) is 8. The van der Waals surface area contributed by atoms with Crippen LogP contribution < -0.4 is 10.0 Å². The normalized spacial score (nSPS) is 12.4. The predicted molar refractivity (Wildman–Crippen MR) is 107 cm³/mol. The summed E-state index contributed by atoms with van der Waals surface area (Å²) < 4.78 is 29.4. The summed E-state index contributed by atoms with van der Waals surface area (Å²) in [5.74, 6) is -1.44. The monoisotopic (exact) mass is 444 g/mol. The number of rotatable bonds is 10. The maximum absolute atomic E-state index is 12.2. The number of ether oxygens (including phenoxy) is 1. The molecule has 152 valence electrons. The smallest absolute Gasteiger partial charge is 0.328 e. The zero-order valence-corrected chi connectivity index (χ0v) is 17.7. The molecule has 0 spiro atoms. The molecule has 2 rings (SSSR count). The molecule has 0 fully saturated rings. The Morgan fingerprint density at radius 3 is 2.57 bits per heavy atom. The summed E-state index contributed by atoms with van der Waals surface area (Å²) >= 11 is 2.47. The van der Waals surface area contributed by atoms with E-state index in [9.17, 15) is 22.8 Å². The van der Waals surface area contributed by atoms with Crippen molar-refractivity contribution >= 4 is 50.4 Å². The fourth-order valence-electron chi connectivity index (χ4n) is 2.09. The lowest BCUT2D eigenvalue weighted by atomic mass is 10.3. The summed E-state index contributed by atoms with van der Waals surface area (Å²) in [5.41, 5.74) is 0. The van der Waals surface area contributed by atoms with Gasteiger partial charge in [0.1, 0.15) is 6.04 Å². The lowest BCUT2D eigenvalue weighted by molar-refractivity contribution is -0.144. The molecule has 2 N–H and O–H groups in total. The number of esters is 1. The second-order valence-corrected chi connectivity index (χ2v) is 9.83. The second kappa shape index (κ2) is 9.92. The van der Waals surface area contributed by atoms with Gasteiger partial charge in [0.25, 0.3) is 5.91 Å². The van der Waals surface area contributed by atoms with Crippen molar-refractivity contribution in [3.8, 4) is 0 Å². The van der Waals surface area contributed by atoms with Crippen LogP contribution in [-0.2, 0) is 26.0 Å². The molecule has 0 aliphatic rings. The van der Waals surface area contributed by atoms with Crippen LogP contribution in [-0.4, -0.2) is 51.5 Å². The third-order valence-corrected chi connectivity index (χ3v) is 6.25. The van der Waals surface area contributed by atoms with Crippen LogP contribution in [0, 0.1) is 0 Å². The van der Waals surface area contributed by atoms with Crippen molar-refractivity contribution in [1.82, 2.24) is 10.0 Å². The van der Waals surface area contributed by atoms with Gasteiger partial charge in [-0.1, -0.05) is 6.07 Å². The van der Waals surface area contributed by atoms with Crippen LogP contribution in [0.1, 0.15) is 31.1 Å². The Morgan fingerprint density at radius 2 is 1.93 bits per heavy atom. The highest BCUT2D eigenvalue weighted by Crippen LogP contribution is 2.17. The Balaban J connectivity index is 1.78. The van der Waals surface area contributed by atoms with Gasteiger partial charge in [0, 0.05) is 11.4 Å². The minimum atomic E-state index is -3.25. The maximum atomic E-state index is 12.2. The average Bonchev–Trinajstić information content (AvgIpc) is 3.30. The summed E-state index contributed by atoms with van der Waals surface area (Å²) in [4.78, 5) is 37.8. The standard InChI is InChI=1S/C17H20N2O6S3/c1-11(19-16(21)15-4-3-9-26-15)17(22)25-10-13(20)14-6-5-12(27-14)7-8-18-28(2,23)24/h3-6,9,11,18H,7-8,10H2,1-2H3,(H,19,21). The Morgan fingerprint density at radius 1 is 1.18 bits per heavy atom. The summed E-state index contributed by atoms with van der Waals surface area (Å²) in [6.45, 7) is 1.29. The number of thiophene rings is 2. The van der Waals surface area contributed by atoms with Crippen LogP contribution in [0.4, 0.5) is 0 Å². The highest BCUT2D eigenvalue weighted by atomic mass is 32.2. The molecule has 1 unspecified atom stereocenters. The van der Waals surface area contributed by atoms with E-state index in [0.717, 1.165) is 11.1 Å². The molecule has 2 aromatic heterocycles. The lowest BCUT2D eigenvalue weighted by Crippen LogP contribution is -2.39. The van der Waals surface area contributed by atoms with Gasteiger partial charge in [0.15, 0.2) is 6.61 Å². The Bertz CT molecular complexity index is 934. The van der Waals surface area contributed by atoms with Crippen LogP contribution in [0.5, 0.6) is 0 Å². The first-order chi connectivity index (χ1) is 13.2. The zero-order chi connectivity index (χ0) is 20.7. The lowest BCUT2D eigenvalue weighted by Gasteiger charge is -2.12. The Hall–Kier alpha value is -2.08. The number of sulfonamides is 1. The van der Waals surface area contributed by atoms with Crippen molar-refractivity contribution in [3.05, 3.63) is 44.3 Å². The highest BCUT2D eigenvalue weighted by molar-refractivity contribution is 7.88. The fourth-order valence-corrected chi connectivity index (χ4v) is 4.12. The molecule has 2 heterocycles. The quantitative estimate of drug-likeness (QED) is 0.423. The van der Waals surface area contributed by atoms with E-state index in [2.05, 4.69) is 10.0 Å². The minimum absolute atomic E-state index is 0.240. The fraction of sp³-hybridized carbons (Fsp3) is 0.353. The number of nitrogens with one attached hydrogen (secondary N) is 2. The first-order valence-corrected chi connectivity index (χ1v) is 11.8. The third kappa shape index (κ3) is 7.15. The zero-order valence-electron chi connectivity index (χ0n) is 15.3. The number of Topliss-reactive ketones (excluding diaryl/α,β-unsaturated/α-hetero) is 1. The van der Waals surface area contributed by atoms with Gasteiger partial charge < -0.3 is 10.1 Å². The van der Waals surface area contributed by atoms with E-state index in [1.807, 2.05) is 0 Å². The van der Waals surface area contributed by atoms with E-state index in [-0.39, 0.29) is 18.2 Å². The second-order valence-electron chi connectivity index (χ2n) is 5.89. The van der Waals surface area contributed by atoms with Crippen LogP contribution in [0.15, 0.2) is 29.6 Å². The third-order valence-electron chi connectivity index (χ3n) is 3.46. The summed E-state index contributed by atoms with van der Waals surface area (Å²) in [6, 6.07) is 5.82. The van der Waals surface area contributed by atoms with Crippen LogP contribution in [0.25, 0.3) is 0 Å². The molecular weight excluding hydrogens is 424 g/mol. The largest absolute Gasteiger partial charge is 0.456 e. The number of hydrogen-bond donors (Lipinski definition) is 2. The van der Waals surface area contributed by atoms with Crippen LogP contribution in [0.3, 0.4) is 0 Å². The summed E-state index contributed by atoms with van der Waals surface area (Å²) in [6.07, 6.45) is 1.53. The van der Waals surface area contributed by atoms with E-state index < -0.39 is 28.6 Å². The van der Waals surface area contributed by atoms with E-state index in [0.29, 0.717) is 16.2 Å². The highest BCUT2D eigenvalue weighted by Gasteiger charge is 2.20. The molecule has 0 aliphatic heterocycles. The van der Waals surface area contributed by atoms with E-state index in [1.54, 1.807) is 29.6 Å². The van der Waals surface area contributed by atoms with E-state index in [4.69, 9.17) is 4.74 Å². The van der Waals surface area contributed by atoms with Crippen molar-refractivity contribution in [1.29, 1.82) is 0 Å². The molecule has 2 aromatic rings. The van der Waals surface area contributed by atoms with Gasteiger partial charge in [-0.15, -0.1) is 22.7 Å². The molecule has 0 bridgehead atoms. The molecule has 28 heavy (non-hydrogen) atoms. The van der Waals surface area contributed by atoms with Gasteiger partial charge in [-0.05, 0) is 36.9 Å². The minimum Gasteiger partial charge on any atom is -0.456 e. The molecule has 0 saturated carbocycles. The van der Waals surface area contributed by atoms with Crippen molar-refractivity contribution in [3.63, 3.8) is 0 Å². The van der Waals surface area contributed by atoms with E-state index in [1.165, 1.54) is 29.6 Å². The van der Waals surface area contributed by atoms with Gasteiger partial charge in [-0.25, -0.2) is 17.9 Å². The van der Waals surface area contributed by atoms with Gasteiger partial charge in [-0.2, -0.15) is 0 Å². The van der Waals surface area contributed by atoms with Gasteiger partial charge in [0.2, 0.25) is 15.8 Å². The Kier molecular flexibility index (Phi) is 7.87. The van der Waals surface area contributed by atoms with Gasteiger partial charge in [-0.3, -0.25) is 9.59 Å². The van der Waals surface area contributed by atoms with Crippen molar-refractivity contribution in [2.45, 2.75) is 19.4 Å². The summed E-state index contributed by atoms with van der Waals surface area (Å²) in [7, 11) is -3.25. The van der Waals surface area contributed by atoms with E-state index >= 15 is 0 Å². The first kappa shape index (κ1) is 22.2. The molecule has 0 saturated heterocycles. The number of ketones is 1. The van der Waals surface area contributed by atoms with Gasteiger partial charge in [0.05, 0.1) is 16.0 Å². The number of carbonyl (C=O) groups excluding carboxylic acids is 3. The van der Waals surface area contributed by atoms with Crippen molar-refractivity contribution in [2.24, 2.45) is 0 Å².